The van der Waals surface area contributed by atoms with E-state index in [2.05, 4.69) is 29.6 Å². The first-order chi connectivity index (χ1) is 16.9. The van der Waals surface area contributed by atoms with Gasteiger partial charge in [-0.1, -0.05) is 68.8 Å². The van der Waals surface area contributed by atoms with E-state index < -0.39 is 18.1 Å². The van der Waals surface area contributed by atoms with Gasteiger partial charge in [-0.15, -0.1) is 0 Å². The lowest BCUT2D eigenvalue weighted by Crippen LogP contribution is -2.51. The molecule has 0 saturated carbocycles. The molecule has 0 spiro atoms. The third-order valence-electron chi connectivity index (χ3n) is 7.46. The number of carbonyl (C=O) groups is 3. The highest BCUT2D eigenvalue weighted by molar-refractivity contribution is 5.86. The van der Waals surface area contributed by atoms with E-state index in [1.807, 2.05) is 38.1 Å². The van der Waals surface area contributed by atoms with Gasteiger partial charge in [-0.2, -0.15) is 0 Å². The summed E-state index contributed by atoms with van der Waals surface area (Å²) in [4.78, 5) is 38.8. The summed E-state index contributed by atoms with van der Waals surface area (Å²) in [5, 5.41) is 11.8. The molecule has 1 saturated heterocycles. The van der Waals surface area contributed by atoms with E-state index in [0.717, 1.165) is 35.1 Å². The Kier molecular flexibility index (Phi) is 7.73. The highest BCUT2D eigenvalue weighted by Crippen LogP contribution is 2.44. The van der Waals surface area contributed by atoms with Crippen molar-refractivity contribution < 1.29 is 24.2 Å². The molecule has 2 amide bonds. The van der Waals surface area contributed by atoms with Crippen LogP contribution in [0.5, 0.6) is 0 Å². The zero-order valence-electron chi connectivity index (χ0n) is 20.4. The number of nitrogens with one attached hydrogen (secondary N) is 1. The molecule has 4 rings (SSSR count). The van der Waals surface area contributed by atoms with Crippen LogP contribution in [-0.2, 0) is 14.3 Å². The van der Waals surface area contributed by atoms with Gasteiger partial charge in [0.1, 0.15) is 12.6 Å². The second-order valence-corrected chi connectivity index (χ2v) is 9.70. The fourth-order valence-corrected chi connectivity index (χ4v) is 5.24. The van der Waals surface area contributed by atoms with Crippen molar-refractivity contribution in [3.63, 3.8) is 0 Å². The average molecular weight is 479 g/mol. The maximum atomic E-state index is 13.3. The predicted octanol–water partition coefficient (Wildman–Crippen LogP) is 4.65. The molecular formula is C28H34N2O5. The fraction of sp³-hybridized carbons (Fsp3) is 0.464. The standard InChI is InChI=1S/C28H34N2O5/c1-3-18(2)26(27(33)30-15-14-19(16-30)12-13-25(31)32)29-28(34)35-17-24-22-10-6-4-8-20(22)21-9-5-7-11-23(21)24/h4-11,18-19,24,26H,3,12-17H2,1-2H3,(H,29,34)(H,31,32)/t18-,19?,26-/m0/s1. The molecule has 2 aromatic carbocycles. The summed E-state index contributed by atoms with van der Waals surface area (Å²) in [7, 11) is 0. The van der Waals surface area contributed by atoms with Gasteiger partial charge in [-0.05, 0) is 46.9 Å². The van der Waals surface area contributed by atoms with Crippen LogP contribution < -0.4 is 5.32 Å². The third kappa shape index (κ3) is 5.50. The van der Waals surface area contributed by atoms with Crippen LogP contribution in [0, 0.1) is 11.8 Å². The molecule has 1 heterocycles. The predicted molar refractivity (Wildman–Crippen MR) is 133 cm³/mol. The Morgan fingerprint density at radius 1 is 1.09 bits per heavy atom. The summed E-state index contributed by atoms with van der Waals surface area (Å²) in [6.07, 6.45) is 1.60. The first-order valence-electron chi connectivity index (χ1n) is 12.5. The number of carboxylic acid groups (broad SMARTS) is 1. The van der Waals surface area contributed by atoms with Gasteiger partial charge in [0.05, 0.1) is 0 Å². The lowest BCUT2D eigenvalue weighted by Gasteiger charge is -2.28. The molecule has 2 N–H and O–H groups in total. The zero-order valence-corrected chi connectivity index (χ0v) is 20.4. The summed E-state index contributed by atoms with van der Waals surface area (Å²) in [5.74, 6) is -0.850. The lowest BCUT2D eigenvalue weighted by atomic mass is 9.97. The van der Waals surface area contributed by atoms with Crippen molar-refractivity contribution in [3.8, 4) is 11.1 Å². The minimum absolute atomic E-state index is 0.0422. The maximum Gasteiger partial charge on any atom is 0.407 e. The summed E-state index contributed by atoms with van der Waals surface area (Å²) < 4.78 is 5.68. The number of carbonyl (C=O) groups excluding carboxylic acids is 2. The molecule has 0 aromatic heterocycles. The van der Waals surface area contributed by atoms with Gasteiger partial charge in [-0.25, -0.2) is 4.79 Å². The maximum absolute atomic E-state index is 13.3. The molecule has 186 valence electrons. The number of carboxylic acids is 1. The van der Waals surface area contributed by atoms with E-state index in [0.29, 0.717) is 19.5 Å². The number of aliphatic carboxylic acids is 1. The Bertz CT molecular complexity index is 1040. The van der Waals surface area contributed by atoms with Crippen LogP contribution in [0.25, 0.3) is 11.1 Å². The SMILES string of the molecule is CC[C@H](C)[C@H](NC(=O)OCC1c2ccccc2-c2ccccc21)C(=O)N1CCC(CCC(=O)O)C1. The van der Waals surface area contributed by atoms with Crippen molar-refractivity contribution in [2.75, 3.05) is 19.7 Å². The number of hydrogen-bond acceptors (Lipinski definition) is 4. The Balaban J connectivity index is 1.38. The van der Waals surface area contributed by atoms with E-state index >= 15 is 0 Å². The fourth-order valence-electron chi connectivity index (χ4n) is 5.24. The third-order valence-corrected chi connectivity index (χ3v) is 7.46. The first kappa shape index (κ1) is 24.8. The molecule has 7 heteroatoms. The second-order valence-electron chi connectivity index (χ2n) is 9.70. The monoisotopic (exact) mass is 478 g/mol. The Morgan fingerprint density at radius 3 is 2.31 bits per heavy atom. The first-order valence-corrected chi connectivity index (χ1v) is 12.5. The topological polar surface area (TPSA) is 95.9 Å². The van der Waals surface area contributed by atoms with Crippen LogP contribution >= 0.6 is 0 Å². The van der Waals surface area contributed by atoms with Crippen LogP contribution in [0.3, 0.4) is 0 Å². The number of nitrogens with zero attached hydrogens (tertiary/aromatic N) is 1. The van der Waals surface area contributed by atoms with Crippen molar-refractivity contribution >= 4 is 18.0 Å². The molecule has 3 atom stereocenters. The number of amides is 2. The molecule has 1 unspecified atom stereocenters. The zero-order chi connectivity index (χ0) is 24.9. The Hall–Kier alpha value is -3.35. The Morgan fingerprint density at radius 2 is 1.71 bits per heavy atom. The number of hydrogen-bond donors (Lipinski definition) is 2. The van der Waals surface area contributed by atoms with E-state index in [1.165, 1.54) is 0 Å². The largest absolute Gasteiger partial charge is 0.481 e. The van der Waals surface area contributed by atoms with Gasteiger partial charge in [-0.3, -0.25) is 9.59 Å². The highest BCUT2D eigenvalue weighted by Gasteiger charge is 2.35. The number of ether oxygens (including phenoxy) is 1. The van der Waals surface area contributed by atoms with Gasteiger partial charge in [0.2, 0.25) is 5.91 Å². The summed E-state index contributed by atoms with van der Waals surface area (Å²) >= 11 is 0. The molecule has 0 bridgehead atoms. The van der Waals surface area contributed by atoms with Gasteiger partial charge in [0.15, 0.2) is 0 Å². The van der Waals surface area contributed by atoms with Crippen molar-refractivity contribution in [2.45, 2.75) is 51.5 Å². The number of alkyl carbamates (subject to hydrolysis) is 1. The van der Waals surface area contributed by atoms with Crippen molar-refractivity contribution in [1.29, 1.82) is 0 Å². The van der Waals surface area contributed by atoms with Crippen LogP contribution in [0.15, 0.2) is 48.5 Å². The molecule has 0 radical (unpaired) electrons. The minimum atomic E-state index is -0.816. The van der Waals surface area contributed by atoms with Crippen LogP contribution in [0.4, 0.5) is 4.79 Å². The van der Waals surface area contributed by atoms with Crippen LogP contribution in [0.1, 0.15) is 56.6 Å². The molecule has 1 fully saturated rings. The molecule has 2 aromatic rings. The molecule has 1 aliphatic carbocycles. The number of rotatable bonds is 9. The van der Waals surface area contributed by atoms with E-state index in [4.69, 9.17) is 9.84 Å². The minimum Gasteiger partial charge on any atom is -0.481 e. The molecule has 7 nitrogen and oxygen atoms in total. The summed E-state index contributed by atoms with van der Waals surface area (Å²) in [6.45, 7) is 5.25. The number of benzene rings is 2. The second kappa shape index (κ2) is 10.9. The molecule has 1 aliphatic heterocycles. The van der Waals surface area contributed by atoms with Gasteiger partial charge in [0, 0.05) is 25.4 Å². The quantitative estimate of drug-likeness (QED) is 0.547. The molecule has 35 heavy (non-hydrogen) atoms. The summed E-state index contributed by atoms with van der Waals surface area (Å²) in [6, 6.07) is 15.7. The van der Waals surface area contributed by atoms with Crippen LogP contribution in [0.2, 0.25) is 0 Å². The molecular weight excluding hydrogens is 444 g/mol. The van der Waals surface area contributed by atoms with E-state index in [1.54, 1.807) is 4.90 Å². The smallest absolute Gasteiger partial charge is 0.407 e. The van der Waals surface area contributed by atoms with Gasteiger partial charge in [0.25, 0.3) is 0 Å². The number of fused-ring (bicyclic) bond motifs is 3. The average Bonchev–Trinajstić information content (AvgIpc) is 3.47. The molecule has 2 aliphatic rings. The Labute approximate surface area is 206 Å². The van der Waals surface area contributed by atoms with E-state index in [9.17, 15) is 14.4 Å². The van der Waals surface area contributed by atoms with Crippen LogP contribution in [-0.4, -0.2) is 53.7 Å². The van der Waals surface area contributed by atoms with Crippen molar-refractivity contribution in [1.82, 2.24) is 10.2 Å². The van der Waals surface area contributed by atoms with Gasteiger partial charge >= 0.3 is 12.1 Å². The van der Waals surface area contributed by atoms with Crippen molar-refractivity contribution in [3.05, 3.63) is 59.7 Å². The normalized spacial score (nSPS) is 18.5. The summed E-state index contributed by atoms with van der Waals surface area (Å²) in [5.41, 5.74) is 4.61. The highest BCUT2D eigenvalue weighted by atomic mass is 16.5. The van der Waals surface area contributed by atoms with Crippen molar-refractivity contribution in [2.24, 2.45) is 11.8 Å². The van der Waals surface area contributed by atoms with Gasteiger partial charge < -0.3 is 20.1 Å². The number of likely N-dealkylation sites (tertiary alicyclic amines) is 1. The lowest BCUT2D eigenvalue weighted by molar-refractivity contribution is -0.137. The van der Waals surface area contributed by atoms with E-state index in [-0.39, 0.29) is 36.7 Å².